The van der Waals surface area contributed by atoms with Gasteiger partial charge in [-0.05, 0) is 265 Å². The highest BCUT2D eigenvalue weighted by molar-refractivity contribution is 6.04. The van der Waals surface area contributed by atoms with Crippen molar-refractivity contribution in [3.8, 4) is 89.0 Å². The number of benzene rings is 16. The molecule has 16 aromatic rings. The van der Waals surface area contributed by atoms with E-state index < -0.39 is 16.2 Å². The van der Waals surface area contributed by atoms with Crippen molar-refractivity contribution >= 4 is 39.7 Å². The number of fused-ring (bicyclic) bond motifs is 25. The summed E-state index contributed by atoms with van der Waals surface area (Å²) in [6, 6.07) is 141. The fourth-order valence-corrected chi connectivity index (χ4v) is 21.8. The summed E-state index contributed by atoms with van der Waals surface area (Å²) in [7, 11) is 0. The third-order valence-electron chi connectivity index (χ3n) is 26.8. The van der Waals surface area contributed by atoms with Gasteiger partial charge in [0.15, 0.2) is 0 Å². The monoisotopic (exact) mass is 1430 g/mol. The van der Waals surface area contributed by atoms with Gasteiger partial charge in [0.2, 0.25) is 0 Å². The summed E-state index contributed by atoms with van der Waals surface area (Å²) in [5, 5.41) is 0. The lowest BCUT2D eigenvalue weighted by atomic mass is 9.66. The average molecular weight is 1430 g/mol. The second-order valence-electron chi connectivity index (χ2n) is 32.7. The third-order valence-corrected chi connectivity index (χ3v) is 26.8. The molecular formula is C110H78N2. The van der Waals surface area contributed by atoms with E-state index in [0.717, 1.165) is 34.9 Å². The first-order valence-electron chi connectivity index (χ1n) is 39.8. The van der Waals surface area contributed by atoms with Gasteiger partial charge in [-0.25, -0.2) is 0 Å². The van der Waals surface area contributed by atoms with Crippen LogP contribution in [-0.2, 0) is 21.7 Å². The standard InChI is InChI=1S/C110H78N2/c1-69-46-59-87-83-33-15-21-41-96(83)110(103(87)64-69)97-42-22-16-34-84(97)89-38-25-45-104(106(89)110)112(77-30-12-7-13-31-77)80-58-61-88-91-65-73(53-62-94(91)108(4,102(88)68-80)75-26-8-5-9-27-75)74-54-63-99-92(66-74)85-35-17-20-40-95(85)109(99)98-43-23-18-36-90(98)105-81(37-24-44-100(105)109)72-49-47-70(48-50-72)71-51-55-78(56-52-71)111(76-28-10-6-11-29-76)79-57-60-86-82-32-14-19-39-93(82)107(2,3)101(86)67-79/h5-63,65-69H,64H2,1-4H3. The van der Waals surface area contributed by atoms with Crippen LogP contribution in [0, 0.1) is 5.92 Å². The van der Waals surface area contributed by atoms with E-state index in [1.807, 2.05) is 0 Å². The molecule has 4 unspecified atom stereocenters. The van der Waals surface area contributed by atoms with Crippen LogP contribution in [0.2, 0.25) is 0 Å². The van der Waals surface area contributed by atoms with Gasteiger partial charge in [-0.3, -0.25) is 0 Å². The van der Waals surface area contributed by atoms with Crippen LogP contribution in [0.5, 0.6) is 0 Å². The minimum atomic E-state index is -0.527. The molecule has 0 heterocycles. The van der Waals surface area contributed by atoms with Crippen molar-refractivity contribution in [3.05, 3.63) is 460 Å². The minimum Gasteiger partial charge on any atom is -0.310 e. The van der Waals surface area contributed by atoms with Crippen molar-refractivity contribution in [2.24, 2.45) is 5.92 Å². The van der Waals surface area contributed by atoms with Crippen LogP contribution in [0.15, 0.2) is 388 Å². The molecule has 4 atom stereocenters. The molecule has 0 saturated heterocycles. The van der Waals surface area contributed by atoms with E-state index in [-0.39, 0.29) is 5.41 Å². The fraction of sp³-hybridized carbons (Fsp3) is 0.0909. The average Bonchev–Trinajstić information content (AvgIpc) is 1.51. The van der Waals surface area contributed by atoms with Gasteiger partial charge in [0.25, 0.3) is 0 Å². The minimum absolute atomic E-state index is 0.106. The zero-order chi connectivity index (χ0) is 74.3. The van der Waals surface area contributed by atoms with Crippen LogP contribution >= 0.6 is 0 Å². The number of anilines is 6. The van der Waals surface area contributed by atoms with E-state index in [2.05, 4.69) is 420 Å². The van der Waals surface area contributed by atoms with E-state index in [0.29, 0.717) is 5.92 Å². The molecule has 23 rings (SSSR count). The first-order chi connectivity index (χ1) is 55.1. The molecular weight excluding hydrogens is 1350 g/mol. The van der Waals surface area contributed by atoms with Gasteiger partial charge in [-0.15, -0.1) is 0 Å². The molecule has 112 heavy (non-hydrogen) atoms. The number of nitrogens with zero attached hydrogens (tertiary/aromatic N) is 2. The molecule has 0 aliphatic heterocycles. The molecule has 0 radical (unpaired) electrons. The van der Waals surface area contributed by atoms with Crippen molar-refractivity contribution < 1.29 is 0 Å². The molecule has 2 spiro atoms. The first kappa shape index (κ1) is 64.6. The summed E-state index contributed by atoms with van der Waals surface area (Å²) in [5.41, 5.74) is 45.8. The van der Waals surface area contributed by atoms with Crippen LogP contribution in [-0.4, -0.2) is 0 Å². The van der Waals surface area contributed by atoms with Crippen molar-refractivity contribution in [2.45, 2.75) is 55.8 Å². The van der Waals surface area contributed by atoms with Crippen molar-refractivity contribution in [2.75, 3.05) is 9.80 Å². The lowest BCUT2D eigenvalue weighted by Gasteiger charge is -2.38. The molecule has 16 aromatic carbocycles. The Labute approximate surface area is 655 Å². The van der Waals surface area contributed by atoms with Crippen LogP contribution in [0.3, 0.4) is 0 Å². The Balaban J connectivity index is 0.609. The normalized spacial score (nSPS) is 18.5. The Morgan fingerprint density at radius 1 is 0.268 bits per heavy atom. The number of hydrogen-bond donors (Lipinski definition) is 0. The molecule has 0 fully saturated rings. The fourth-order valence-electron chi connectivity index (χ4n) is 21.8. The Hall–Kier alpha value is -13.4. The van der Waals surface area contributed by atoms with Gasteiger partial charge in [0.1, 0.15) is 0 Å². The Morgan fingerprint density at radius 3 is 1.36 bits per heavy atom. The molecule has 528 valence electrons. The lowest BCUT2D eigenvalue weighted by molar-refractivity contribution is 0.631. The second-order valence-corrected chi connectivity index (χ2v) is 32.7. The first-order valence-corrected chi connectivity index (χ1v) is 39.8. The van der Waals surface area contributed by atoms with Gasteiger partial charge in [0.05, 0.1) is 16.5 Å². The van der Waals surface area contributed by atoms with Gasteiger partial charge in [-0.2, -0.15) is 0 Å². The SMILES string of the molecule is CC1C=CC2=C(C1)C1(c3ccccc32)c2ccccc2-c2cccc(N(c3ccccc3)c3ccc4c(c3)C(C)(c3ccccc3)c3ccc(-c5ccc6c(c5)-c5ccccc5C65c6ccccc6-c6c(-c7ccc(-c8ccc(N(c9ccccc9)c9ccc%10c(c9)C(C)(C)c9ccccc9-%10)cc8)cc7)cccc65)cc3-4)c21. The Kier molecular flexibility index (Phi) is 13.9. The molecule has 7 aliphatic carbocycles. The molecule has 2 nitrogen and oxygen atoms in total. The highest BCUT2D eigenvalue weighted by Crippen LogP contribution is 2.69. The molecule has 0 amide bonds. The largest absolute Gasteiger partial charge is 0.310 e. The van der Waals surface area contributed by atoms with E-state index in [4.69, 9.17) is 0 Å². The quantitative estimate of drug-likeness (QED) is 0.135. The number of para-hydroxylation sites is 2. The second kappa shape index (κ2) is 24.1. The Bertz CT molecular complexity index is 6710. The highest BCUT2D eigenvalue weighted by Gasteiger charge is 2.56. The maximum Gasteiger partial charge on any atom is 0.0725 e. The van der Waals surface area contributed by atoms with Crippen LogP contribution < -0.4 is 9.80 Å². The van der Waals surface area contributed by atoms with Gasteiger partial charge >= 0.3 is 0 Å². The summed E-state index contributed by atoms with van der Waals surface area (Å²) in [6.45, 7) is 9.57. The van der Waals surface area contributed by atoms with Crippen LogP contribution in [0.25, 0.3) is 94.6 Å². The Morgan fingerprint density at radius 2 is 0.688 bits per heavy atom. The summed E-state index contributed by atoms with van der Waals surface area (Å²) < 4.78 is 0. The maximum atomic E-state index is 2.58. The summed E-state index contributed by atoms with van der Waals surface area (Å²) in [6.07, 6.45) is 5.85. The molecule has 0 aromatic heterocycles. The van der Waals surface area contributed by atoms with Crippen LogP contribution in [0.1, 0.15) is 106 Å². The maximum absolute atomic E-state index is 2.58. The van der Waals surface area contributed by atoms with E-state index in [9.17, 15) is 0 Å². The summed E-state index contributed by atoms with van der Waals surface area (Å²) in [4.78, 5) is 4.98. The van der Waals surface area contributed by atoms with Crippen LogP contribution in [0.4, 0.5) is 34.1 Å². The highest BCUT2D eigenvalue weighted by atomic mass is 15.2. The zero-order valence-corrected chi connectivity index (χ0v) is 63.1. The predicted molar refractivity (Wildman–Crippen MR) is 465 cm³/mol. The number of rotatable bonds is 10. The van der Waals surface area contributed by atoms with E-state index >= 15 is 0 Å². The summed E-state index contributed by atoms with van der Waals surface area (Å²) in [5.74, 6) is 0.410. The van der Waals surface area contributed by atoms with Gasteiger partial charge in [0, 0.05) is 44.8 Å². The molecule has 7 aliphatic rings. The van der Waals surface area contributed by atoms with Crippen molar-refractivity contribution in [1.29, 1.82) is 0 Å². The van der Waals surface area contributed by atoms with E-state index in [1.165, 1.54) is 178 Å². The molecule has 0 N–H and O–H groups in total. The molecule has 0 saturated carbocycles. The van der Waals surface area contributed by atoms with E-state index in [1.54, 1.807) is 0 Å². The zero-order valence-electron chi connectivity index (χ0n) is 63.1. The molecule has 0 bridgehead atoms. The smallest absolute Gasteiger partial charge is 0.0725 e. The lowest BCUT2D eigenvalue weighted by Crippen LogP contribution is -2.30. The third kappa shape index (κ3) is 8.81. The van der Waals surface area contributed by atoms with Crippen molar-refractivity contribution in [1.82, 2.24) is 0 Å². The number of allylic oxidation sites excluding steroid dienone is 4. The molecule has 2 heteroatoms. The predicted octanol–water partition coefficient (Wildman–Crippen LogP) is 28.3. The van der Waals surface area contributed by atoms with Gasteiger partial charge < -0.3 is 9.80 Å². The number of hydrogen-bond acceptors (Lipinski definition) is 2. The van der Waals surface area contributed by atoms with Crippen molar-refractivity contribution in [3.63, 3.8) is 0 Å². The summed E-state index contributed by atoms with van der Waals surface area (Å²) >= 11 is 0. The topological polar surface area (TPSA) is 6.48 Å². The van der Waals surface area contributed by atoms with Gasteiger partial charge in [-0.1, -0.05) is 324 Å².